The lowest BCUT2D eigenvalue weighted by Crippen LogP contribution is -2.50. The van der Waals surface area contributed by atoms with Crippen LogP contribution in [0.3, 0.4) is 0 Å². The normalized spacial score (nSPS) is 40.2. The summed E-state index contributed by atoms with van der Waals surface area (Å²) in [5.41, 5.74) is 1.40. The molecule has 3 aliphatic carbocycles. The van der Waals surface area contributed by atoms with E-state index in [2.05, 4.69) is 34.6 Å². The molecule has 1 heterocycles. The highest BCUT2D eigenvalue weighted by atomic mass is 16.7. The number of carbonyl (C=O) groups excluding carboxylic acids is 1. The Kier molecular flexibility index (Phi) is 7.34. The van der Waals surface area contributed by atoms with Crippen LogP contribution in [0.15, 0.2) is 11.3 Å². The largest absolute Gasteiger partial charge is 0.431 e. The van der Waals surface area contributed by atoms with Crippen LogP contribution in [0.1, 0.15) is 92.4 Å². The van der Waals surface area contributed by atoms with Crippen molar-refractivity contribution in [1.82, 2.24) is 0 Å². The van der Waals surface area contributed by atoms with Crippen molar-refractivity contribution < 1.29 is 24.1 Å². The minimum Gasteiger partial charge on any atom is -0.431 e. The maximum atomic E-state index is 13.3. The standard InChI is InChI=1S/C28H46O5/c1-17(2)7-10-24(29)18(3)20-8-9-21-25-22(12-14-27(20,21)4)28(5)13-11-19(32-16-31-6)15-23(28)26(30)33-25/h17-21,23-24,29H,7-16H2,1-6H3/t18-,19-,20+,21-,23+,24?,27+,28+/m0/s1. The zero-order valence-corrected chi connectivity index (χ0v) is 21.7. The number of aliphatic hydroxyl groups excluding tert-OH is 1. The number of hydrogen-bond donors (Lipinski definition) is 1. The van der Waals surface area contributed by atoms with Crippen molar-refractivity contribution >= 4 is 5.97 Å². The fraction of sp³-hybridized carbons (Fsp3) is 0.893. The van der Waals surface area contributed by atoms with Gasteiger partial charge in [0.1, 0.15) is 12.6 Å². The Morgan fingerprint density at radius 3 is 2.55 bits per heavy atom. The first-order valence-corrected chi connectivity index (χ1v) is 13.4. The summed E-state index contributed by atoms with van der Waals surface area (Å²) in [7, 11) is 1.64. The van der Waals surface area contributed by atoms with Crippen LogP contribution < -0.4 is 0 Å². The molecular formula is C28H46O5. The Morgan fingerprint density at radius 1 is 1.09 bits per heavy atom. The van der Waals surface area contributed by atoms with Crippen molar-refractivity contribution in [2.24, 2.45) is 40.4 Å². The minimum atomic E-state index is -0.249. The second kappa shape index (κ2) is 9.62. The molecule has 1 aliphatic heterocycles. The zero-order chi connectivity index (χ0) is 24.0. The van der Waals surface area contributed by atoms with Crippen molar-refractivity contribution in [3.63, 3.8) is 0 Å². The van der Waals surface area contributed by atoms with Gasteiger partial charge < -0.3 is 19.3 Å². The van der Waals surface area contributed by atoms with Gasteiger partial charge in [0.2, 0.25) is 0 Å². The monoisotopic (exact) mass is 462 g/mol. The highest BCUT2D eigenvalue weighted by Gasteiger charge is 2.59. The summed E-state index contributed by atoms with van der Waals surface area (Å²) < 4.78 is 17.1. The van der Waals surface area contributed by atoms with Gasteiger partial charge in [-0.05, 0) is 86.5 Å². The van der Waals surface area contributed by atoms with Gasteiger partial charge in [-0.1, -0.05) is 34.6 Å². The molecule has 1 unspecified atom stereocenters. The van der Waals surface area contributed by atoms with E-state index in [-0.39, 0.29) is 47.6 Å². The molecule has 1 N–H and O–H groups in total. The number of allylic oxidation sites excluding steroid dienone is 2. The Balaban J connectivity index is 1.54. The zero-order valence-electron chi connectivity index (χ0n) is 21.7. The molecule has 0 aromatic carbocycles. The molecule has 5 heteroatoms. The molecule has 4 aliphatic rings. The Morgan fingerprint density at radius 2 is 1.85 bits per heavy atom. The summed E-state index contributed by atoms with van der Waals surface area (Å²) in [6.07, 6.45) is 8.74. The molecule has 33 heavy (non-hydrogen) atoms. The molecule has 0 amide bonds. The van der Waals surface area contributed by atoms with E-state index in [1.54, 1.807) is 7.11 Å². The minimum absolute atomic E-state index is 0.0558. The third-order valence-corrected chi connectivity index (χ3v) is 10.1. The number of ether oxygens (including phenoxy) is 3. The summed E-state index contributed by atoms with van der Waals surface area (Å²) in [4.78, 5) is 13.3. The van der Waals surface area contributed by atoms with E-state index in [0.717, 1.165) is 63.5 Å². The number of aliphatic hydroxyl groups is 1. The van der Waals surface area contributed by atoms with Gasteiger partial charge in [-0.3, -0.25) is 4.79 Å². The molecule has 0 aromatic heterocycles. The smallest absolute Gasteiger partial charge is 0.315 e. The van der Waals surface area contributed by atoms with Gasteiger partial charge in [-0.25, -0.2) is 0 Å². The van der Waals surface area contributed by atoms with Gasteiger partial charge in [-0.2, -0.15) is 0 Å². The van der Waals surface area contributed by atoms with Gasteiger partial charge in [0, 0.05) is 18.4 Å². The summed E-state index contributed by atoms with van der Waals surface area (Å²) >= 11 is 0. The van der Waals surface area contributed by atoms with Crippen molar-refractivity contribution in [2.75, 3.05) is 13.9 Å². The topological polar surface area (TPSA) is 65.0 Å². The average molecular weight is 463 g/mol. The molecule has 0 spiro atoms. The summed E-state index contributed by atoms with van der Waals surface area (Å²) in [5.74, 6) is 2.50. The molecule has 0 radical (unpaired) electrons. The van der Waals surface area contributed by atoms with E-state index in [0.29, 0.717) is 17.8 Å². The van der Waals surface area contributed by atoms with Gasteiger partial charge in [0.15, 0.2) is 0 Å². The summed E-state index contributed by atoms with van der Waals surface area (Å²) in [6, 6.07) is 0. The highest BCUT2D eigenvalue weighted by Crippen LogP contribution is 2.65. The fourth-order valence-corrected chi connectivity index (χ4v) is 7.87. The van der Waals surface area contributed by atoms with Crippen LogP contribution in [0.4, 0.5) is 0 Å². The second-order valence-corrected chi connectivity index (χ2v) is 12.3. The van der Waals surface area contributed by atoms with Gasteiger partial charge in [-0.15, -0.1) is 0 Å². The van der Waals surface area contributed by atoms with E-state index < -0.39 is 0 Å². The quantitative estimate of drug-likeness (QED) is 0.362. The first-order valence-electron chi connectivity index (χ1n) is 13.4. The Bertz CT molecular complexity index is 759. The lowest BCUT2D eigenvalue weighted by Gasteiger charge is -2.53. The Hall–Kier alpha value is -0.910. The number of carbonyl (C=O) groups is 1. The maximum absolute atomic E-state index is 13.3. The average Bonchev–Trinajstić information content (AvgIpc) is 3.13. The number of fused-ring (bicyclic) bond motifs is 4. The van der Waals surface area contributed by atoms with Crippen LogP contribution in [0, 0.1) is 40.4 Å². The number of rotatable bonds is 8. The van der Waals surface area contributed by atoms with Crippen LogP contribution in [0.2, 0.25) is 0 Å². The third-order valence-electron chi connectivity index (χ3n) is 10.1. The van der Waals surface area contributed by atoms with E-state index >= 15 is 0 Å². The summed E-state index contributed by atoms with van der Waals surface area (Å²) in [6.45, 7) is 11.7. The molecule has 2 saturated carbocycles. The van der Waals surface area contributed by atoms with Crippen molar-refractivity contribution in [3.05, 3.63) is 11.3 Å². The van der Waals surface area contributed by atoms with E-state index in [1.165, 1.54) is 5.57 Å². The molecule has 5 nitrogen and oxygen atoms in total. The number of esters is 1. The molecular weight excluding hydrogens is 416 g/mol. The summed E-state index contributed by atoms with van der Waals surface area (Å²) in [5, 5.41) is 11.0. The van der Waals surface area contributed by atoms with E-state index in [9.17, 15) is 9.90 Å². The number of hydrogen-bond acceptors (Lipinski definition) is 5. The van der Waals surface area contributed by atoms with Crippen LogP contribution in [0.5, 0.6) is 0 Å². The fourth-order valence-electron chi connectivity index (χ4n) is 7.87. The first-order chi connectivity index (χ1) is 15.6. The van der Waals surface area contributed by atoms with Crippen LogP contribution in [0.25, 0.3) is 0 Å². The molecule has 4 rings (SSSR count). The van der Waals surface area contributed by atoms with Crippen LogP contribution >= 0.6 is 0 Å². The van der Waals surface area contributed by atoms with Crippen LogP contribution in [-0.2, 0) is 19.0 Å². The van der Waals surface area contributed by atoms with E-state index in [4.69, 9.17) is 14.2 Å². The molecule has 8 atom stereocenters. The lowest BCUT2D eigenvalue weighted by atomic mass is 9.54. The third kappa shape index (κ3) is 4.43. The second-order valence-electron chi connectivity index (χ2n) is 12.3. The van der Waals surface area contributed by atoms with E-state index in [1.807, 2.05) is 0 Å². The first kappa shape index (κ1) is 25.2. The lowest BCUT2D eigenvalue weighted by molar-refractivity contribution is -0.164. The number of methoxy groups -OCH3 is 1. The van der Waals surface area contributed by atoms with Crippen molar-refractivity contribution in [3.8, 4) is 0 Å². The molecule has 0 aromatic rings. The molecule has 0 bridgehead atoms. The van der Waals surface area contributed by atoms with Gasteiger partial charge in [0.05, 0.1) is 18.1 Å². The van der Waals surface area contributed by atoms with Gasteiger partial charge in [0.25, 0.3) is 0 Å². The highest BCUT2D eigenvalue weighted by molar-refractivity contribution is 5.77. The predicted molar refractivity (Wildman–Crippen MR) is 128 cm³/mol. The van der Waals surface area contributed by atoms with Gasteiger partial charge >= 0.3 is 5.97 Å². The molecule has 188 valence electrons. The van der Waals surface area contributed by atoms with Crippen LogP contribution in [-0.4, -0.2) is 37.2 Å². The SMILES string of the molecule is COCO[C@H]1CC[C@]2(C)C3=C(OC(=O)[C@H]2C1)[C@@H]1CC[C@H]([C@H](C)C(O)CCC(C)C)[C@@]1(C)CC3. The Labute approximate surface area is 200 Å². The van der Waals surface area contributed by atoms with Crippen molar-refractivity contribution in [2.45, 2.75) is 105 Å². The maximum Gasteiger partial charge on any atom is 0.315 e. The molecule has 0 saturated heterocycles. The molecule has 2 fully saturated rings. The van der Waals surface area contributed by atoms with Crippen molar-refractivity contribution in [1.29, 1.82) is 0 Å². The predicted octanol–water partition coefficient (Wildman–Crippen LogP) is 5.85.